The van der Waals surface area contributed by atoms with E-state index in [-0.39, 0.29) is 0 Å². The second-order valence-electron chi connectivity index (χ2n) is 4.85. The summed E-state index contributed by atoms with van der Waals surface area (Å²) in [5, 5.41) is 0. The lowest BCUT2D eigenvalue weighted by atomic mass is 9.88. The smallest absolute Gasteiger partial charge is 0.0600 e. The van der Waals surface area contributed by atoms with E-state index in [9.17, 15) is 0 Å². The Labute approximate surface area is 96.2 Å². The maximum Gasteiger partial charge on any atom is 0.0600 e. The number of nitrogens with two attached hydrogens (primary N) is 1. The number of ether oxygens (including phenoxy) is 1. The molecule has 2 aliphatic heterocycles. The first-order valence-electron chi connectivity index (χ1n) is 6.02. The number of fused-ring (bicyclic) bond motifs is 1. The van der Waals surface area contributed by atoms with Gasteiger partial charge in [0.1, 0.15) is 0 Å². The van der Waals surface area contributed by atoms with Crippen LogP contribution in [0.25, 0.3) is 0 Å². The number of hydrogen-bond acceptors (Lipinski definition) is 3. The molecule has 3 nitrogen and oxygen atoms in total. The highest BCUT2D eigenvalue weighted by Gasteiger charge is 2.34. The van der Waals surface area contributed by atoms with Gasteiger partial charge in [0.05, 0.1) is 18.0 Å². The highest BCUT2D eigenvalue weighted by atomic mass is 16.5. The molecule has 0 aromatic heterocycles. The standard InChI is InChI=1S/C13H18N2O/c14-12-3-1-2-4-13(12)15-6-5-10-8-16-9-11(10)7-15/h1-4,10-11H,5-9,14H2/t10-,11+/m1/s1. The van der Waals surface area contributed by atoms with Crippen molar-refractivity contribution in [3.8, 4) is 0 Å². The van der Waals surface area contributed by atoms with Crippen molar-refractivity contribution in [3.63, 3.8) is 0 Å². The molecule has 1 aromatic carbocycles. The first-order chi connectivity index (χ1) is 7.84. The van der Waals surface area contributed by atoms with E-state index in [0.717, 1.165) is 37.9 Å². The van der Waals surface area contributed by atoms with Crippen molar-refractivity contribution in [2.75, 3.05) is 36.9 Å². The Kier molecular flexibility index (Phi) is 2.48. The van der Waals surface area contributed by atoms with Gasteiger partial charge in [-0.2, -0.15) is 0 Å². The molecule has 2 N–H and O–H groups in total. The number of para-hydroxylation sites is 2. The highest BCUT2D eigenvalue weighted by Crippen LogP contribution is 2.33. The predicted molar refractivity (Wildman–Crippen MR) is 65.5 cm³/mol. The van der Waals surface area contributed by atoms with Gasteiger partial charge in [0.15, 0.2) is 0 Å². The van der Waals surface area contributed by atoms with Crippen LogP contribution in [-0.2, 0) is 4.74 Å². The van der Waals surface area contributed by atoms with Crippen LogP contribution in [0.5, 0.6) is 0 Å². The van der Waals surface area contributed by atoms with Gasteiger partial charge in [-0.15, -0.1) is 0 Å². The summed E-state index contributed by atoms with van der Waals surface area (Å²) < 4.78 is 5.55. The molecule has 0 radical (unpaired) electrons. The van der Waals surface area contributed by atoms with E-state index in [1.54, 1.807) is 0 Å². The molecule has 2 fully saturated rings. The third-order valence-corrected chi connectivity index (χ3v) is 3.83. The van der Waals surface area contributed by atoms with E-state index in [1.165, 1.54) is 12.1 Å². The second-order valence-corrected chi connectivity index (χ2v) is 4.85. The van der Waals surface area contributed by atoms with Crippen LogP contribution in [0.3, 0.4) is 0 Å². The topological polar surface area (TPSA) is 38.5 Å². The van der Waals surface area contributed by atoms with Crippen molar-refractivity contribution < 1.29 is 4.74 Å². The zero-order valence-corrected chi connectivity index (χ0v) is 9.43. The van der Waals surface area contributed by atoms with Crippen LogP contribution in [0.4, 0.5) is 11.4 Å². The summed E-state index contributed by atoms with van der Waals surface area (Å²) in [6, 6.07) is 8.14. The molecule has 2 saturated heterocycles. The molecule has 1 aromatic rings. The molecular formula is C13H18N2O. The lowest BCUT2D eigenvalue weighted by Crippen LogP contribution is -2.40. The molecule has 0 bridgehead atoms. The van der Waals surface area contributed by atoms with Gasteiger partial charge in [-0.25, -0.2) is 0 Å². The van der Waals surface area contributed by atoms with E-state index >= 15 is 0 Å². The van der Waals surface area contributed by atoms with Gasteiger partial charge in [-0.3, -0.25) is 0 Å². The fraction of sp³-hybridized carbons (Fsp3) is 0.538. The number of nitrogen functional groups attached to an aromatic ring is 1. The minimum atomic E-state index is 0.702. The van der Waals surface area contributed by atoms with Gasteiger partial charge < -0.3 is 15.4 Å². The van der Waals surface area contributed by atoms with Gasteiger partial charge in [0, 0.05) is 25.6 Å². The monoisotopic (exact) mass is 218 g/mol. The van der Waals surface area contributed by atoms with Crippen molar-refractivity contribution in [2.24, 2.45) is 11.8 Å². The van der Waals surface area contributed by atoms with Gasteiger partial charge in [-0.1, -0.05) is 12.1 Å². The summed E-state index contributed by atoms with van der Waals surface area (Å²) in [6.07, 6.45) is 1.24. The van der Waals surface area contributed by atoms with Gasteiger partial charge >= 0.3 is 0 Å². The van der Waals surface area contributed by atoms with E-state index in [4.69, 9.17) is 10.5 Å². The minimum Gasteiger partial charge on any atom is -0.397 e. The quantitative estimate of drug-likeness (QED) is 0.730. The lowest BCUT2D eigenvalue weighted by molar-refractivity contribution is 0.182. The Bertz CT molecular complexity index is 380. The molecule has 0 saturated carbocycles. The van der Waals surface area contributed by atoms with E-state index in [0.29, 0.717) is 5.92 Å². The van der Waals surface area contributed by atoms with Crippen LogP contribution in [0.2, 0.25) is 0 Å². The van der Waals surface area contributed by atoms with E-state index in [1.807, 2.05) is 12.1 Å². The third kappa shape index (κ3) is 1.65. The Hall–Kier alpha value is -1.22. The summed E-state index contributed by atoms with van der Waals surface area (Å²) >= 11 is 0. The Morgan fingerprint density at radius 2 is 2.00 bits per heavy atom. The van der Waals surface area contributed by atoms with Crippen LogP contribution in [-0.4, -0.2) is 26.3 Å². The lowest BCUT2D eigenvalue weighted by Gasteiger charge is -2.36. The molecule has 0 amide bonds. The van der Waals surface area contributed by atoms with Crippen molar-refractivity contribution >= 4 is 11.4 Å². The van der Waals surface area contributed by atoms with Crippen molar-refractivity contribution in [1.29, 1.82) is 0 Å². The fourth-order valence-corrected chi connectivity index (χ4v) is 2.85. The number of hydrogen-bond donors (Lipinski definition) is 1. The largest absolute Gasteiger partial charge is 0.397 e. The average molecular weight is 218 g/mol. The second kappa shape index (κ2) is 3.98. The number of rotatable bonds is 1. The molecule has 0 unspecified atom stereocenters. The molecule has 2 aliphatic rings. The van der Waals surface area contributed by atoms with Crippen molar-refractivity contribution in [2.45, 2.75) is 6.42 Å². The first kappa shape index (κ1) is 9.97. The summed E-state index contributed by atoms with van der Waals surface area (Å²) in [6.45, 7) is 4.09. The van der Waals surface area contributed by atoms with Crippen LogP contribution in [0.15, 0.2) is 24.3 Å². The molecule has 2 atom stereocenters. The van der Waals surface area contributed by atoms with Gasteiger partial charge in [-0.05, 0) is 24.5 Å². The predicted octanol–water partition coefficient (Wildman–Crippen LogP) is 1.74. The summed E-state index contributed by atoms with van der Waals surface area (Å²) in [4.78, 5) is 2.41. The molecule has 3 heteroatoms. The minimum absolute atomic E-state index is 0.702. The zero-order valence-electron chi connectivity index (χ0n) is 9.43. The fourth-order valence-electron chi connectivity index (χ4n) is 2.85. The maximum absolute atomic E-state index is 6.02. The van der Waals surface area contributed by atoms with Crippen LogP contribution < -0.4 is 10.6 Å². The number of anilines is 2. The molecule has 0 aliphatic carbocycles. The SMILES string of the molecule is Nc1ccccc1N1CC[C@@H]2COC[C@@H]2C1. The Morgan fingerprint density at radius 3 is 2.88 bits per heavy atom. The molecule has 0 spiro atoms. The van der Waals surface area contributed by atoms with Crippen molar-refractivity contribution in [3.05, 3.63) is 24.3 Å². The Morgan fingerprint density at radius 1 is 1.19 bits per heavy atom. The molecule has 2 heterocycles. The molecule has 16 heavy (non-hydrogen) atoms. The van der Waals surface area contributed by atoms with Crippen LogP contribution in [0, 0.1) is 11.8 Å². The van der Waals surface area contributed by atoms with E-state index < -0.39 is 0 Å². The highest BCUT2D eigenvalue weighted by molar-refractivity contribution is 5.67. The molecule has 86 valence electrons. The van der Waals surface area contributed by atoms with Crippen LogP contribution in [0.1, 0.15) is 6.42 Å². The van der Waals surface area contributed by atoms with Crippen LogP contribution >= 0.6 is 0 Å². The number of benzene rings is 1. The Balaban J connectivity index is 1.79. The first-order valence-corrected chi connectivity index (χ1v) is 6.02. The summed E-state index contributed by atoms with van der Waals surface area (Å²) in [5.74, 6) is 1.48. The van der Waals surface area contributed by atoms with Gasteiger partial charge in [0.2, 0.25) is 0 Å². The van der Waals surface area contributed by atoms with Gasteiger partial charge in [0.25, 0.3) is 0 Å². The maximum atomic E-state index is 6.02. The zero-order chi connectivity index (χ0) is 11.0. The number of nitrogens with zero attached hydrogens (tertiary/aromatic N) is 1. The summed E-state index contributed by atoms with van der Waals surface area (Å²) in [7, 11) is 0. The summed E-state index contributed by atoms with van der Waals surface area (Å²) in [5.41, 5.74) is 8.09. The molecular weight excluding hydrogens is 200 g/mol. The average Bonchev–Trinajstić information content (AvgIpc) is 2.76. The van der Waals surface area contributed by atoms with Crippen molar-refractivity contribution in [1.82, 2.24) is 0 Å². The van der Waals surface area contributed by atoms with E-state index in [2.05, 4.69) is 17.0 Å². The number of piperidine rings is 1. The molecule has 3 rings (SSSR count). The normalized spacial score (nSPS) is 29.1. The third-order valence-electron chi connectivity index (χ3n) is 3.83.